The Kier molecular flexibility index (Phi) is 26.0. The zero-order valence-corrected chi connectivity index (χ0v) is 63.8. The van der Waals surface area contributed by atoms with Gasteiger partial charge in [-0.3, -0.25) is 0 Å². The van der Waals surface area contributed by atoms with Crippen molar-refractivity contribution in [1.82, 2.24) is 29.9 Å². The number of rotatable bonds is 42. The number of aryl methyl sites for hydroxylation is 6. The van der Waals surface area contributed by atoms with Crippen molar-refractivity contribution in [2.75, 3.05) is 0 Å². The van der Waals surface area contributed by atoms with E-state index in [0.717, 1.165) is 137 Å². The molecular formula is C96H120N6. The van der Waals surface area contributed by atoms with Gasteiger partial charge in [-0.1, -0.05) is 343 Å². The normalized spacial score (nSPS) is 12.3. The quantitative estimate of drug-likeness (QED) is 0.0216. The molecule has 0 amide bonds. The summed E-state index contributed by atoms with van der Waals surface area (Å²) in [6.45, 7) is 13.9. The summed E-state index contributed by atoms with van der Waals surface area (Å²) in [6, 6.07) is 43.6. The van der Waals surface area contributed by atoms with Crippen molar-refractivity contribution in [2.24, 2.45) is 0 Å². The zero-order valence-electron chi connectivity index (χ0n) is 63.8. The first-order valence-corrected chi connectivity index (χ1v) is 42.0. The molecule has 10 aromatic carbocycles. The molecule has 0 atom stereocenters. The summed E-state index contributed by atoms with van der Waals surface area (Å²) in [7, 11) is 0. The Morgan fingerprint density at radius 3 is 0.431 bits per heavy atom. The van der Waals surface area contributed by atoms with Crippen molar-refractivity contribution in [1.29, 1.82) is 0 Å². The van der Waals surface area contributed by atoms with Crippen LogP contribution in [0.3, 0.4) is 0 Å². The summed E-state index contributed by atoms with van der Waals surface area (Å²) < 4.78 is 0. The molecule has 0 N–H and O–H groups in total. The summed E-state index contributed by atoms with van der Waals surface area (Å²) in [5, 5.41) is 14.4. The van der Waals surface area contributed by atoms with E-state index in [1.54, 1.807) is 0 Å². The average molecular weight is 1360 g/mol. The minimum absolute atomic E-state index is 0.734. The molecule has 534 valence electrons. The lowest BCUT2D eigenvalue weighted by Crippen LogP contribution is -2.01. The number of benzene rings is 10. The van der Waals surface area contributed by atoms with Gasteiger partial charge in [-0.25, -0.2) is 29.9 Å². The number of unbranched alkanes of at least 4 members (excludes halogenated alkanes) is 30. The minimum Gasteiger partial charge on any atom is -0.241 e. The largest absolute Gasteiger partial charge is 0.241 e. The predicted molar refractivity (Wildman–Crippen MR) is 446 cm³/mol. The molecule has 0 saturated carbocycles. The van der Waals surface area contributed by atoms with E-state index in [2.05, 4.69) is 151 Å². The number of hydrogen-bond donors (Lipinski definition) is 0. The van der Waals surface area contributed by atoms with Gasteiger partial charge in [0.15, 0.2) is 0 Å². The molecule has 6 nitrogen and oxygen atoms in total. The molecule has 0 aliphatic heterocycles. The molecule has 102 heavy (non-hydrogen) atoms. The second-order valence-corrected chi connectivity index (χ2v) is 31.2. The molecule has 0 saturated heterocycles. The topological polar surface area (TPSA) is 77.3 Å². The third-order valence-corrected chi connectivity index (χ3v) is 23.2. The molecule has 13 aromatic rings. The van der Waals surface area contributed by atoms with Gasteiger partial charge in [-0.2, -0.15) is 0 Å². The third-order valence-electron chi connectivity index (χ3n) is 23.2. The van der Waals surface area contributed by atoms with Gasteiger partial charge in [0.25, 0.3) is 0 Å². The summed E-state index contributed by atoms with van der Waals surface area (Å²) in [5.41, 5.74) is 18.2. The second kappa shape index (κ2) is 36.3. The molecule has 0 spiro atoms. The highest BCUT2D eigenvalue weighted by Gasteiger charge is 2.25. The Morgan fingerprint density at radius 1 is 0.147 bits per heavy atom. The molecule has 0 bridgehead atoms. The highest BCUT2D eigenvalue weighted by molar-refractivity contribution is 6.31. The Balaban J connectivity index is 1.07. The van der Waals surface area contributed by atoms with Crippen LogP contribution in [-0.4, -0.2) is 29.9 Å². The molecular weight excluding hydrogens is 1240 g/mol. The molecule has 13 rings (SSSR count). The van der Waals surface area contributed by atoms with E-state index in [1.165, 1.54) is 297 Å². The molecule has 0 radical (unpaired) electrons. The molecule has 0 aliphatic rings. The van der Waals surface area contributed by atoms with Gasteiger partial charge in [0.05, 0.1) is 33.1 Å². The van der Waals surface area contributed by atoms with Gasteiger partial charge in [0.1, 0.15) is 33.1 Å². The van der Waals surface area contributed by atoms with Crippen LogP contribution < -0.4 is 0 Å². The lowest BCUT2D eigenvalue weighted by atomic mass is 9.93. The maximum Gasteiger partial charge on any atom is 0.120 e. The van der Waals surface area contributed by atoms with E-state index in [-0.39, 0.29) is 0 Å². The van der Waals surface area contributed by atoms with E-state index in [1.807, 2.05) is 0 Å². The molecule has 3 heterocycles. The molecule has 3 aromatic heterocycles. The van der Waals surface area contributed by atoms with E-state index >= 15 is 0 Å². The Morgan fingerprint density at radius 2 is 0.284 bits per heavy atom. The highest BCUT2D eigenvalue weighted by atomic mass is 14.9. The van der Waals surface area contributed by atoms with Crippen molar-refractivity contribution in [3.63, 3.8) is 0 Å². The maximum atomic E-state index is 6.04. The number of hydrogen-bond acceptors (Lipinski definition) is 6. The lowest BCUT2D eigenvalue weighted by molar-refractivity contribution is 0.607. The first kappa shape index (κ1) is 72.9. The van der Waals surface area contributed by atoms with E-state index in [0.29, 0.717) is 0 Å². The SMILES string of the molecule is CCCCCCCCc1ccc2c(c1)c1cc(CCCCCCCC)ccc1c1nc3c(nc21)c1nc2c4ccc(CCCCCCCC)cc4c4cc(CCCCCCCC)ccc4c2nc1c1nc2c4ccc(CCCCCCCC)cc4c4cc(CCCCCCCC)ccc4c2nc31. The fraction of sp³-hybridized carbons (Fsp3) is 0.500. The van der Waals surface area contributed by atoms with Crippen molar-refractivity contribution < 1.29 is 0 Å². The molecule has 0 aliphatic carbocycles. The summed E-state index contributed by atoms with van der Waals surface area (Å²) >= 11 is 0. The highest BCUT2D eigenvalue weighted by Crippen LogP contribution is 2.44. The summed E-state index contributed by atoms with van der Waals surface area (Å²) in [4.78, 5) is 36.2. The Hall–Kier alpha value is -7.44. The van der Waals surface area contributed by atoms with Crippen molar-refractivity contribution in [3.8, 4) is 0 Å². The lowest BCUT2D eigenvalue weighted by Gasteiger charge is -2.17. The van der Waals surface area contributed by atoms with Crippen LogP contribution in [0.2, 0.25) is 0 Å². The smallest absolute Gasteiger partial charge is 0.120 e. The van der Waals surface area contributed by atoms with Crippen LogP contribution in [0, 0.1) is 0 Å². The van der Waals surface area contributed by atoms with E-state index in [9.17, 15) is 0 Å². The molecule has 0 unspecified atom stereocenters. The van der Waals surface area contributed by atoms with Gasteiger partial charge >= 0.3 is 0 Å². The minimum atomic E-state index is 0.734. The van der Waals surface area contributed by atoms with E-state index < -0.39 is 0 Å². The molecule has 6 heteroatoms. The van der Waals surface area contributed by atoms with Gasteiger partial charge in [-0.05, 0) is 143 Å². The molecule has 0 fully saturated rings. The van der Waals surface area contributed by atoms with Crippen LogP contribution in [0.25, 0.3) is 131 Å². The Bertz CT molecular complexity index is 4170. The van der Waals surface area contributed by atoms with Crippen molar-refractivity contribution in [2.45, 2.75) is 311 Å². The average Bonchev–Trinajstić information content (AvgIpc) is 0.697. The standard InChI is InChI=1S/C96H120N6/c1-7-13-19-25-31-37-43-67-49-55-73-79(61-67)80-62-68(44-38-32-26-20-14-8-2)50-56-74(80)86-85(73)97-91-92(98-86)94-96(102-90-78-60-54-72(48-42-36-30-24-18-12-6)66-84(78)83-65-71(47-41-35-29-23-17-11-5)53-59-77(83)89(90)100-94)95-93(91)99-87-75-57-51-69(45-39-33-27-21-15-9-3)63-81(75)82-64-70(46-40-34-28-22-16-10-4)52-58-76(82)88(87)101-95/h49-66H,7-48H2,1-6H3. The van der Waals surface area contributed by atoms with Crippen LogP contribution in [0.15, 0.2) is 109 Å². The fourth-order valence-electron chi connectivity index (χ4n) is 17.1. The van der Waals surface area contributed by atoms with Crippen LogP contribution in [0.5, 0.6) is 0 Å². The van der Waals surface area contributed by atoms with E-state index in [4.69, 9.17) is 29.9 Å². The van der Waals surface area contributed by atoms with Crippen LogP contribution >= 0.6 is 0 Å². The Labute approximate surface area is 610 Å². The van der Waals surface area contributed by atoms with Crippen molar-refractivity contribution >= 4 is 131 Å². The van der Waals surface area contributed by atoms with Gasteiger partial charge < -0.3 is 0 Å². The van der Waals surface area contributed by atoms with Gasteiger partial charge in [0, 0.05) is 32.3 Å². The maximum absolute atomic E-state index is 6.04. The number of nitrogens with zero attached hydrogens (tertiary/aromatic N) is 6. The third kappa shape index (κ3) is 16.9. The zero-order chi connectivity index (χ0) is 70.0. The first-order valence-electron chi connectivity index (χ1n) is 42.0. The monoisotopic (exact) mass is 1360 g/mol. The predicted octanol–water partition coefficient (Wildman–Crippen LogP) is 29.3. The van der Waals surface area contributed by atoms with Crippen LogP contribution in [0.4, 0.5) is 0 Å². The summed E-state index contributed by atoms with van der Waals surface area (Å²) in [6.07, 6.45) is 52.6. The fourth-order valence-corrected chi connectivity index (χ4v) is 17.1. The van der Waals surface area contributed by atoms with Gasteiger partial charge in [-0.15, -0.1) is 0 Å². The second-order valence-electron chi connectivity index (χ2n) is 31.2. The number of aromatic nitrogens is 6. The summed E-state index contributed by atoms with van der Waals surface area (Å²) in [5.74, 6) is 0. The van der Waals surface area contributed by atoms with Crippen LogP contribution in [-0.2, 0) is 38.5 Å². The first-order chi connectivity index (χ1) is 50.4. The van der Waals surface area contributed by atoms with Crippen LogP contribution in [0.1, 0.15) is 306 Å². The number of fused-ring (bicyclic) bond motifs is 24. The van der Waals surface area contributed by atoms with Crippen molar-refractivity contribution in [3.05, 3.63) is 143 Å². The van der Waals surface area contributed by atoms with Gasteiger partial charge in [0.2, 0.25) is 0 Å².